The highest BCUT2D eigenvalue weighted by Gasteiger charge is 2.20. The van der Waals surface area contributed by atoms with Gasteiger partial charge in [-0.05, 0) is 56.5 Å². The number of likely N-dealkylation sites (tertiary alicyclic amines) is 1. The lowest BCUT2D eigenvalue weighted by Crippen LogP contribution is -2.40. The van der Waals surface area contributed by atoms with Crippen molar-refractivity contribution in [3.05, 3.63) is 35.6 Å². The van der Waals surface area contributed by atoms with Gasteiger partial charge in [-0.25, -0.2) is 17.5 Å². The number of halogens is 1. The minimum atomic E-state index is -3.36. The molecule has 6 heteroatoms. The van der Waals surface area contributed by atoms with Gasteiger partial charge in [-0.3, -0.25) is 0 Å². The molecule has 2 rings (SSSR count). The molecule has 4 nitrogen and oxygen atoms in total. The predicted molar refractivity (Wildman–Crippen MR) is 91.1 cm³/mol. The van der Waals surface area contributed by atoms with Crippen molar-refractivity contribution in [2.45, 2.75) is 50.8 Å². The van der Waals surface area contributed by atoms with E-state index in [-0.39, 0.29) is 11.6 Å². The molecule has 1 saturated heterocycles. The van der Waals surface area contributed by atoms with Gasteiger partial charge in [0.2, 0.25) is 10.0 Å². The SMILES string of the molecule is CC[C@@H]1CCCCN1CCCNS(=O)(=O)Cc1ccc(F)cc1. The molecule has 0 saturated carbocycles. The lowest BCUT2D eigenvalue weighted by Gasteiger charge is -2.35. The number of nitrogens with zero attached hydrogens (tertiary/aromatic N) is 1. The first-order valence-corrected chi connectivity index (χ1v) is 10.1. The first-order valence-electron chi connectivity index (χ1n) is 8.46. The van der Waals surface area contributed by atoms with Crippen LogP contribution in [-0.4, -0.2) is 39.0 Å². The summed E-state index contributed by atoms with van der Waals surface area (Å²) in [5, 5.41) is 0. The second kappa shape index (κ2) is 8.76. The Kier molecular flexibility index (Phi) is 6.99. The Labute approximate surface area is 139 Å². The second-order valence-corrected chi connectivity index (χ2v) is 8.03. The maximum atomic E-state index is 12.8. The lowest BCUT2D eigenvalue weighted by molar-refractivity contribution is 0.143. The van der Waals surface area contributed by atoms with E-state index in [0.29, 0.717) is 18.2 Å². The molecule has 1 heterocycles. The van der Waals surface area contributed by atoms with Gasteiger partial charge in [0.25, 0.3) is 0 Å². The first-order chi connectivity index (χ1) is 11.0. The van der Waals surface area contributed by atoms with Gasteiger partial charge in [-0.1, -0.05) is 25.5 Å². The minimum absolute atomic E-state index is 0.103. The number of hydrogen-bond donors (Lipinski definition) is 1. The maximum Gasteiger partial charge on any atom is 0.215 e. The van der Waals surface area contributed by atoms with E-state index in [1.165, 1.54) is 43.5 Å². The summed E-state index contributed by atoms with van der Waals surface area (Å²) in [5.41, 5.74) is 0.598. The Morgan fingerprint density at radius 3 is 2.70 bits per heavy atom. The van der Waals surface area contributed by atoms with Crippen molar-refractivity contribution in [1.29, 1.82) is 0 Å². The van der Waals surface area contributed by atoms with E-state index in [9.17, 15) is 12.8 Å². The van der Waals surface area contributed by atoms with Crippen LogP contribution in [0.4, 0.5) is 4.39 Å². The van der Waals surface area contributed by atoms with E-state index in [2.05, 4.69) is 16.5 Å². The minimum Gasteiger partial charge on any atom is -0.300 e. The molecular weight excluding hydrogens is 315 g/mol. The van der Waals surface area contributed by atoms with Crippen LogP contribution in [0.1, 0.15) is 44.6 Å². The van der Waals surface area contributed by atoms with Crippen molar-refractivity contribution in [2.24, 2.45) is 0 Å². The van der Waals surface area contributed by atoms with E-state index in [1.54, 1.807) is 0 Å². The smallest absolute Gasteiger partial charge is 0.215 e. The highest BCUT2D eigenvalue weighted by Crippen LogP contribution is 2.19. The third-order valence-corrected chi connectivity index (χ3v) is 5.79. The fourth-order valence-corrected chi connectivity index (χ4v) is 4.37. The van der Waals surface area contributed by atoms with Crippen LogP contribution in [0.15, 0.2) is 24.3 Å². The van der Waals surface area contributed by atoms with Crippen LogP contribution < -0.4 is 4.72 Å². The molecule has 0 bridgehead atoms. The zero-order chi connectivity index (χ0) is 16.7. The Balaban J connectivity index is 1.73. The molecule has 1 aliphatic heterocycles. The van der Waals surface area contributed by atoms with Gasteiger partial charge in [0.1, 0.15) is 5.82 Å². The van der Waals surface area contributed by atoms with Crippen molar-refractivity contribution in [1.82, 2.24) is 9.62 Å². The summed E-state index contributed by atoms with van der Waals surface area (Å²) < 4.78 is 39.6. The molecule has 0 spiro atoms. The normalized spacial score (nSPS) is 19.8. The molecular formula is C17H27FN2O2S. The molecule has 0 amide bonds. The number of nitrogens with one attached hydrogen (secondary N) is 1. The summed E-state index contributed by atoms with van der Waals surface area (Å²) in [6.45, 7) is 4.74. The number of piperidine rings is 1. The molecule has 0 aliphatic carbocycles. The van der Waals surface area contributed by atoms with Crippen LogP contribution in [-0.2, 0) is 15.8 Å². The number of rotatable bonds is 8. The third-order valence-electron chi connectivity index (χ3n) is 4.43. The maximum absolute atomic E-state index is 12.8. The lowest BCUT2D eigenvalue weighted by atomic mass is 10.00. The highest BCUT2D eigenvalue weighted by molar-refractivity contribution is 7.88. The van der Waals surface area contributed by atoms with Gasteiger partial charge in [0.05, 0.1) is 5.75 Å². The van der Waals surface area contributed by atoms with Gasteiger partial charge in [-0.2, -0.15) is 0 Å². The Hall–Kier alpha value is -0.980. The zero-order valence-corrected chi connectivity index (χ0v) is 14.6. The van der Waals surface area contributed by atoms with Crippen LogP contribution in [0, 0.1) is 5.82 Å². The zero-order valence-electron chi connectivity index (χ0n) is 13.8. The van der Waals surface area contributed by atoms with Gasteiger partial charge in [0, 0.05) is 12.6 Å². The molecule has 23 heavy (non-hydrogen) atoms. The average molecular weight is 342 g/mol. The average Bonchev–Trinajstić information content (AvgIpc) is 2.54. The van der Waals surface area contributed by atoms with Crippen molar-refractivity contribution in [2.75, 3.05) is 19.6 Å². The van der Waals surface area contributed by atoms with Crippen LogP contribution in [0.5, 0.6) is 0 Å². The summed E-state index contributed by atoms with van der Waals surface area (Å²) in [7, 11) is -3.36. The van der Waals surface area contributed by atoms with Crippen molar-refractivity contribution >= 4 is 10.0 Å². The fraction of sp³-hybridized carbons (Fsp3) is 0.647. The largest absolute Gasteiger partial charge is 0.300 e. The Morgan fingerprint density at radius 2 is 2.00 bits per heavy atom. The molecule has 1 fully saturated rings. The topological polar surface area (TPSA) is 49.4 Å². The summed E-state index contributed by atoms with van der Waals surface area (Å²) in [5.74, 6) is -0.458. The molecule has 130 valence electrons. The van der Waals surface area contributed by atoms with E-state index in [0.717, 1.165) is 25.9 Å². The van der Waals surface area contributed by atoms with Crippen molar-refractivity contribution < 1.29 is 12.8 Å². The van der Waals surface area contributed by atoms with Crippen LogP contribution in [0.25, 0.3) is 0 Å². The molecule has 1 aromatic rings. The molecule has 1 N–H and O–H groups in total. The molecule has 1 aliphatic rings. The van der Waals surface area contributed by atoms with Crippen molar-refractivity contribution in [3.63, 3.8) is 0 Å². The third kappa shape index (κ3) is 6.20. The summed E-state index contributed by atoms with van der Waals surface area (Å²) in [6, 6.07) is 6.24. The second-order valence-electron chi connectivity index (χ2n) is 6.23. The van der Waals surface area contributed by atoms with E-state index in [4.69, 9.17) is 0 Å². The quantitative estimate of drug-likeness (QED) is 0.739. The molecule has 0 aromatic heterocycles. The van der Waals surface area contributed by atoms with Gasteiger partial charge >= 0.3 is 0 Å². The van der Waals surface area contributed by atoms with Crippen LogP contribution in [0.2, 0.25) is 0 Å². The van der Waals surface area contributed by atoms with E-state index < -0.39 is 10.0 Å². The van der Waals surface area contributed by atoms with Crippen LogP contribution >= 0.6 is 0 Å². The van der Waals surface area contributed by atoms with Crippen LogP contribution in [0.3, 0.4) is 0 Å². The monoisotopic (exact) mass is 342 g/mol. The number of sulfonamides is 1. The summed E-state index contributed by atoms with van der Waals surface area (Å²) >= 11 is 0. The highest BCUT2D eigenvalue weighted by atomic mass is 32.2. The molecule has 0 radical (unpaired) electrons. The van der Waals surface area contributed by atoms with Gasteiger partial charge < -0.3 is 4.90 Å². The Bertz CT molecular complexity index is 575. The van der Waals surface area contributed by atoms with E-state index >= 15 is 0 Å². The van der Waals surface area contributed by atoms with Crippen molar-refractivity contribution in [3.8, 4) is 0 Å². The van der Waals surface area contributed by atoms with Gasteiger partial charge in [-0.15, -0.1) is 0 Å². The molecule has 1 atom stereocenters. The molecule has 1 aromatic carbocycles. The number of benzene rings is 1. The number of hydrogen-bond acceptors (Lipinski definition) is 3. The molecule has 0 unspecified atom stereocenters. The fourth-order valence-electron chi connectivity index (χ4n) is 3.18. The Morgan fingerprint density at radius 1 is 1.26 bits per heavy atom. The first kappa shape index (κ1) is 18.4. The summed E-state index contributed by atoms with van der Waals surface area (Å²) in [4.78, 5) is 2.48. The predicted octanol–water partition coefficient (Wildman–Crippen LogP) is 2.90. The van der Waals surface area contributed by atoms with Gasteiger partial charge in [0.15, 0.2) is 0 Å². The van der Waals surface area contributed by atoms with E-state index in [1.807, 2.05) is 0 Å². The summed E-state index contributed by atoms with van der Waals surface area (Å²) in [6.07, 6.45) is 5.79. The standard InChI is InChI=1S/C17H27FN2O2S/c1-2-17-6-3-4-12-20(17)13-5-11-19-23(21,22)14-15-7-9-16(18)10-8-15/h7-10,17,19H,2-6,11-14H2,1H3/t17-/m1/s1.